The number of hydrogen-bond donors (Lipinski definition) is 1. The average Bonchev–Trinajstić information content (AvgIpc) is 2.93. The van der Waals surface area contributed by atoms with E-state index < -0.39 is 0 Å². The van der Waals surface area contributed by atoms with Gasteiger partial charge in [-0.1, -0.05) is 18.2 Å². The molecule has 0 amide bonds. The van der Waals surface area contributed by atoms with Crippen molar-refractivity contribution in [1.82, 2.24) is 25.0 Å². The summed E-state index contributed by atoms with van der Waals surface area (Å²) < 4.78 is 1.87. The van der Waals surface area contributed by atoms with Crippen LogP contribution in [0.5, 0.6) is 0 Å². The van der Waals surface area contributed by atoms with E-state index in [2.05, 4.69) is 31.8 Å². The van der Waals surface area contributed by atoms with E-state index in [9.17, 15) is 5.26 Å². The van der Waals surface area contributed by atoms with Crippen LogP contribution in [0.1, 0.15) is 11.5 Å². The third kappa shape index (κ3) is 2.51. The SMILES string of the molecule is Cn1cnnc1CCNc1c(C#N)nnc2ccccc12. The molecule has 0 aliphatic carbocycles. The number of aryl methyl sites for hydroxylation is 1. The number of nitriles is 1. The summed E-state index contributed by atoms with van der Waals surface area (Å²) in [6.45, 7) is 0.636. The fraction of sp³-hybridized carbons (Fsp3) is 0.214. The molecule has 0 aliphatic rings. The average molecular weight is 279 g/mol. The van der Waals surface area contributed by atoms with E-state index in [0.717, 1.165) is 16.7 Å². The molecule has 21 heavy (non-hydrogen) atoms. The van der Waals surface area contributed by atoms with E-state index in [1.165, 1.54) is 0 Å². The lowest BCUT2D eigenvalue weighted by Gasteiger charge is -2.09. The van der Waals surface area contributed by atoms with Crippen molar-refractivity contribution in [3.05, 3.63) is 42.1 Å². The fourth-order valence-corrected chi connectivity index (χ4v) is 2.14. The molecule has 3 rings (SSSR count). The molecule has 2 heterocycles. The molecule has 2 aromatic heterocycles. The molecule has 0 radical (unpaired) electrons. The summed E-state index contributed by atoms with van der Waals surface area (Å²) in [5.41, 5.74) is 1.77. The standard InChI is InChI=1S/C14H13N7/c1-21-9-17-20-13(21)6-7-16-14-10-4-2-3-5-11(10)18-19-12(14)8-15/h2-5,9H,6-7H2,1H3,(H,16,18). The summed E-state index contributed by atoms with van der Waals surface area (Å²) in [6.07, 6.45) is 2.37. The second kappa shape index (κ2) is 5.54. The maximum atomic E-state index is 9.19. The summed E-state index contributed by atoms with van der Waals surface area (Å²) in [5.74, 6) is 0.882. The molecule has 0 saturated carbocycles. The molecule has 7 nitrogen and oxygen atoms in total. The molecule has 0 fully saturated rings. The van der Waals surface area contributed by atoms with Crippen molar-refractivity contribution in [2.24, 2.45) is 7.05 Å². The highest BCUT2D eigenvalue weighted by molar-refractivity contribution is 5.92. The van der Waals surface area contributed by atoms with E-state index in [1.54, 1.807) is 6.33 Å². The Morgan fingerprint density at radius 2 is 2.10 bits per heavy atom. The molecule has 1 aromatic carbocycles. The summed E-state index contributed by atoms with van der Waals surface area (Å²) in [6, 6.07) is 9.68. The first kappa shape index (κ1) is 13.0. The number of fused-ring (bicyclic) bond motifs is 1. The smallest absolute Gasteiger partial charge is 0.186 e. The Bertz CT molecular complexity index is 816. The molecular weight excluding hydrogens is 266 g/mol. The fourth-order valence-electron chi connectivity index (χ4n) is 2.14. The van der Waals surface area contributed by atoms with Crippen LogP contribution >= 0.6 is 0 Å². The molecule has 1 N–H and O–H groups in total. The second-order valence-corrected chi connectivity index (χ2v) is 4.59. The number of rotatable bonds is 4. The maximum absolute atomic E-state index is 9.19. The minimum Gasteiger partial charge on any atom is -0.382 e. The Morgan fingerprint density at radius 1 is 1.24 bits per heavy atom. The number of nitrogens with one attached hydrogen (secondary N) is 1. The second-order valence-electron chi connectivity index (χ2n) is 4.59. The zero-order valence-corrected chi connectivity index (χ0v) is 11.5. The Kier molecular flexibility index (Phi) is 3.43. The van der Waals surface area contributed by atoms with Crippen molar-refractivity contribution in [2.45, 2.75) is 6.42 Å². The van der Waals surface area contributed by atoms with Gasteiger partial charge in [-0.3, -0.25) is 0 Å². The highest BCUT2D eigenvalue weighted by Crippen LogP contribution is 2.23. The summed E-state index contributed by atoms with van der Waals surface area (Å²) in [4.78, 5) is 0. The van der Waals surface area contributed by atoms with Gasteiger partial charge in [0.05, 0.1) is 11.2 Å². The lowest BCUT2D eigenvalue weighted by Crippen LogP contribution is -2.11. The molecule has 0 spiro atoms. The molecule has 0 unspecified atom stereocenters. The minimum absolute atomic E-state index is 0.298. The van der Waals surface area contributed by atoms with Crippen LogP contribution in [0.25, 0.3) is 10.9 Å². The Hall–Kier alpha value is -3.01. The van der Waals surface area contributed by atoms with E-state index >= 15 is 0 Å². The van der Waals surface area contributed by atoms with Gasteiger partial charge in [-0.15, -0.1) is 20.4 Å². The van der Waals surface area contributed by atoms with Gasteiger partial charge in [-0.2, -0.15) is 5.26 Å². The lowest BCUT2D eigenvalue weighted by molar-refractivity contribution is 0.788. The Labute approximate surface area is 121 Å². The summed E-state index contributed by atoms with van der Waals surface area (Å²) >= 11 is 0. The van der Waals surface area contributed by atoms with Gasteiger partial charge in [0.15, 0.2) is 5.69 Å². The zero-order valence-electron chi connectivity index (χ0n) is 11.5. The molecule has 104 valence electrons. The largest absolute Gasteiger partial charge is 0.382 e. The van der Waals surface area contributed by atoms with Crippen LogP contribution in [-0.2, 0) is 13.5 Å². The monoisotopic (exact) mass is 279 g/mol. The number of hydrogen-bond acceptors (Lipinski definition) is 6. The molecule has 0 saturated heterocycles. The first-order chi connectivity index (χ1) is 10.3. The van der Waals surface area contributed by atoms with Crippen LogP contribution in [0.2, 0.25) is 0 Å². The van der Waals surface area contributed by atoms with Crippen LogP contribution in [0.4, 0.5) is 5.69 Å². The number of anilines is 1. The van der Waals surface area contributed by atoms with Gasteiger partial charge in [0, 0.05) is 25.4 Å². The molecule has 0 bridgehead atoms. The molecule has 0 aliphatic heterocycles. The van der Waals surface area contributed by atoms with Gasteiger partial charge in [-0.25, -0.2) is 0 Å². The zero-order chi connectivity index (χ0) is 14.7. The van der Waals surface area contributed by atoms with Crippen LogP contribution in [0.15, 0.2) is 30.6 Å². The van der Waals surface area contributed by atoms with Crippen molar-refractivity contribution in [2.75, 3.05) is 11.9 Å². The highest BCUT2D eigenvalue weighted by Gasteiger charge is 2.10. The topological polar surface area (TPSA) is 92.3 Å². The van der Waals surface area contributed by atoms with Crippen molar-refractivity contribution < 1.29 is 0 Å². The molecular formula is C14H13N7. The van der Waals surface area contributed by atoms with Crippen LogP contribution in [-0.4, -0.2) is 31.5 Å². The Balaban J connectivity index is 1.86. The third-order valence-electron chi connectivity index (χ3n) is 3.23. The van der Waals surface area contributed by atoms with E-state index in [4.69, 9.17) is 0 Å². The minimum atomic E-state index is 0.298. The highest BCUT2D eigenvalue weighted by atomic mass is 15.2. The van der Waals surface area contributed by atoms with Crippen molar-refractivity contribution in [1.29, 1.82) is 5.26 Å². The summed E-state index contributed by atoms with van der Waals surface area (Å²) in [5, 5.41) is 29.2. The van der Waals surface area contributed by atoms with Gasteiger partial charge in [0.25, 0.3) is 0 Å². The number of aromatic nitrogens is 5. The maximum Gasteiger partial charge on any atom is 0.186 e. The van der Waals surface area contributed by atoms with Gasteiger partial charge < -0.3 is 9.88 Å². The van der Waals surface area contributed by atoms with Crippen LogP contribution < -0.4 is 5.32 Å². The van der Waals surface area contributed by atoms with Crippen molar-refractivity contribution in [3.8, 4) is 6.07 Å². The van der Waals surface area contributed by atoms with Crippen molar-refractivity contribution in [3.63, 3.8) is 0 Å². The Morgan fingerprint density at radius 3 is 2.86 bits per heavy atom. The number of nitrogens with zero attached hydrogens (tertiary/aromatic N) is 6. The van der Waals surface area contributed by atoms with E-state index in [1.807, 2.05) is 35.9 Å². The van der Waals surface area contributed by atoms with Gasteiger partial charge >= 0.3 is 0 Å². The van der Waals surface area contributed by atoms with E-state index in [0.29, 0.717) is 24.3 Å². The predicted octanol–water partition coefficient (Wildman–Crippen LogP) is 1.28. The van der Waals surface area contributed by atoms with Crippen molar-refractivity contribution >= 4 is 16.6 Å². The molecule has 0 atom stereocenters. The quantitative estimate of drug-likeness (QED) is 0.773. The van der Waals surface area contributed by atoms with E-state index in [-0.39, 0.29) is 0 Å². The normalized spacial score (nSPS) is 10.5. The first-order valence-corrected chi connectivity index (χ1v) is 6.52. The first-order valence-electron chi connectivity index (χ1n) is 6.52. The van der Waals surface area contributed by atoms with Gasteiger partial charge in [-0.05, 0) is 6.07 Å². The van der Waals surface area contributed by atoms with Gasteiger partial charge in [0.2, 0.25) is 0 Å². The number of benzene rings is 1. The predicted molar refractivity (Wildman–Crippen MR) is 77.4 cm³/mol. The summed E-state index contributed by atoms with van der Waals surface area (Å²) in [7, 11) is 1.90. The molecule has 7 heteroatoms. The van der Waals surface area contributed by atoms with Gasteiger partial charge in [0.1, 0.15) is 18.2 Å². The third-order valence-corrected chi connectivity index (χ3v) is 3.23. The van der Waals surface area contributed by atoms with Crippen LogP contribution in [0.3, 0.4) is 0 Å². The lowest BCUT2D eigenvalue weighted by atomic mass is 10.1. The molecule has 3 aromatic rings. The van der Waals surface area contributed by atoms with Crippen LogP contribution in [0, 0.1) is 11.3 Å².